The van der Waals surface area contributed by atoms with E-state index in [1.165, 1.54) is 12.1 Å². The highest BCUT2D eigenvalue weighted by Crippen LogP contribution is 2.18. The van der Waals surface area contributed by atoms with E-state index < -0.39 is 18.3 Å². The van der Waals surface area contributed by atoms with Gasteiger partial charge in [-0.05, 0) is 17.7 Å². The van der Waals surface area contributed by atoms with E-state index in [2.05, 4.69) is 0 Å². The monoisotopic (exact) mass is 301 g/mol. The number of carbonyl (C=O) groups excluding carboxylic acids is 1. The first kappa shape index (κ1) is 15.5. The van der Waals surface area contributed by atoms with Gasteiger partial charge in [0.25, 0.3) is 0 Å². The normalized spacial score (nSPS) is 11.5. The van der Waals surface area contributed by atoms with Crippen LogP contribution in [-0.2, 0) is 16.1 Å². The number of para-hydroxylation sites is 1. The van der Waals surface area contributed by atoms with Crippen molar-refractivity contribution in [2.24, 2.45) is 0 Å². The van der Waals surface area contributed by atoms with Gasteiger partial charge in [0.1, 0.15) is 6.61 Å². The highest BCUT2D eigenvalue weighted by molar-refractivity contribution is 5.94. The molecule has 0 saturated carbocycles. The van der Waals surface area contributed by atoms with E-state index in [-0.39, 0.29) is 12.3 Å². The van der Waals surface area contributed by atoms with Crippen LogP contribution < -0.4 is 4.90 Å². The predicted octanol–water partition coefficient (Wildman–Crippen LogP) is 2.23. The van der Waals surface area contributed by atoms with Crippen molar-refractivity contribution in [3.05, 3.63) is 66.2 Å². The number of benzene rings is 2. The van der Waals surface area contributed by atoms with Gasteiger partial charge in [0.05, 0.1) is 5.69 Å². The molecule has 114 valence electrons. The summed E-state index contributed by atoms with van der Waals surface area (Å²) in [5.41, 5.74) is 0.990. The van der Waals surface area contributed by atoms with E-state index >= 15 is 0 Å². The van der Waals surface area contributed by atoms with Crippen LogP contribution in [-0.4, -0.2) is 28.5 Å². The van der Waals surface area contributed by atoms with Gasteiger partial charge in [0.2, 0.25) is 6.23 Å². The molecule has 2 aromatic rings. The topological polar surface area (TPSA) is 87.1 Å². The number of ether oxygens (including phenoxy) is 1. The van der Waals surface area contributed by atoms with Crippen molar-refractivity contribution in [2.75, 3.05) is 4.90 Å². The Hall–Kier alpha value is -2.86. The Morgan fingerprint density at radius 3 is 2.09 bits per heavy atom. The zero-order chi connectivity index (χ0) is 15.9. The van der Waals surface area contributed by atoms with Crippen molar-refractivity contribution in [1.82, 2.24) is 0 Å². The summed E-state index contributed by atoms with van der Waals surface area (Å²) in [6, 6.07) is 16.9. The van der Waals surface area contributed by atoms with Gasteiger partial charge in [0.15, 0.2) is 0 Å². The zero-order valence-electron chi connectivity index (χ0n) is 11.6. The molecular weight excluding hydrogens is 286 g/mol. The van der Waals surface area contributed by atoms with Crippen LogP contribution in [0.3, 0.4) is 0 Å². The highest BCUT2D eigenvalue weighted by Gasteiger charge is 2.30. The predicted molar refractivity (Wildman–Crippen MR) is 79.2 cm³/mol. The maximum atomic E-state index is 12.1. The maximum absolute atomic E-state index is 12.1. The third kappa shape index (κ3) is 3.83. The molecule has 0 saturated heterocycles. The largest absolute Gasteiger partial charge is 0.478 e. The van der Waals surface area contributed by atoms with Crippen molar-refractivity contribution in [1.29, 1.82) is 0 Å². The molecule has 1 amide bonds. The summed E-state index contributed by atoms with van der Waals surface area (Å²) in [5.74, 6) is -1.54. The van der Waals surface area contributed by atoms with E-state index in [0.717, 1.165) is 5.56 Å². The van der Waals surface area contributed by atoms with Gasteiger partial charge in [-0.3, -0.25) is 0 Å². The Morgan fingerprint density at radius 1 is 1.00 bits per heavy atom. The minimum atomic E-state index is -2.02. The molecule has 0 radical (unpaired) electrons. The number of aliphatic carboxylic acids is 1. The molecule has 1 atom stereocenters. The van der Waals surface area contributed by atoms with E-state index in [0.29, 0.717) is 4.90 Å². The van der Waals surface area contributed by atoms with Gasteiger partial charge < -0.3 is 14.9 Å². The molecule has 0 aliphatic heterocycles. The number of carbonyl (C=O) groups is 2. The lowest BCUT2D eigenvalue weighted by molar-refractivity contribution is -0.146. The second kappa shape index (κ2) is 7.24. The van der Waals surface area contributed by atoms with E-state index in [4.69, 9.17) is 9.84 Å². The van der Waals surface area contributed by atoms with Crippen LogP contribution in [0.5, 0.6) is 0 Å². The Balaban J connectivity index is 2.14. The number of hydrogen-bond donors (Lipinski definition) is 2. The number of nitrogens with zero attached hydrogens (tertiary/aromatic N) is 1. The minimum absolute atomic E-state index is 0.0185. The summed E-state index contributed by atoms with van der Waals surface area (Å²) >= 11 is 0. The molecule has 0 fully saturated rings. The summed E-state index contributed by atoms with van der Waals surface area (Å²) in [7, 11) is 0. The molecule has 1 unspecified atom stereocenters. The number of hydrogen-bond acceptors (Lipinski definition) is 4. The third-order valence-corrected chi connectivity index (χ3v) is 2.90. The summed E-state index contributed by atoms with van der Waals surface area (Å²) in [4.78, 5) is 23.8. The van der Waals surface area contributed by atoms with Crippen LogP contribution in [0.25, 0.3) is 0 Å². The molecule has 22 heavy (non-hydrogen) atoms. The van der Waals surface area contributed by atoms with Crippen LogP contribution in [0.4, 0.5) is 10.5 Å². The van der Waals surface area contributed by atoms with Crippen molar-refractivity contribution < 1.29 is 24.5 Å². The number of aliphatic hydroxyl groups excluding tert-OH is 1. The SMILES string of the molecule is O=C(O)C(O)N(C(=O)OCc1ccccc1)c1ccccc1. The Bertz CT molecular complexity index is 629. The number of carboxylic acid groups (broad SMARTS) is 1. The Labute approximate surface area is 127 Å². The summed E-state index contributed by atoms with van der Waals surface area (Å²) < 4.78 is 5.08. The molecule has 2 aromatic carbocycles. The third-order valence-electron chi connectivity index (χ3n) is 2.90. The number of rotatable bonds is 5. The number of amides is 1. The van der Waals surface area contributed by atoms with Gasteiger partial charge in [-0.2, -0.15) is 0 Å². The molecule has 0 spiro atoms. The average molecular weight is 301 g/mol. The van der Waals surface area contributed by atoms with Crippen molar-refractivity contribution in [3.63, 3.8) is 0 Å². The van der Waals surface area contributed by atoms with Crippen molar-refractivity contribution in [3.8, 4) is 0 Å². The van der Waals surface area contributed by atoms with E-state index in [9.17, 15) is 14.7 Å². The minimum Gasteiger partial charge on any atom is -0.478 e. The van der Waals surface area contributed by atoms with Gasteiger partial charge in [-0.1, -0.05) is 48.5 Å². The second-order valence-electron chi connectivity index (χ2n) is 4.46. The second-order valence-corrected chi connectivity index (χ2v) is 4.46. The van der Waals surface area contributed by atoms with Crippen LogP contribution in [0.15, 0.2) is 60.7 Å². The standard InChI is InChI=1S/C16H15NO5/c18-14(15(19)20)17(13-9-5-2-6-10-13)16(21)22-11-12-7-3-1-4-8-12/h1-10,14,18H,11H2,(H,19,20). The van der Waals surface area contributed by atoms with Gasteiger partial charge in [0, 0.05) is 0 Å². The zero-order valence-corrected chi connectivity index (χ0v) is 11.6. The van der Waals surface area contributed by atoms with Gasteiger partial charge >= 0.3 is 12.1 Å². The number of anilines is 1. The Morgan fingerprint density at radius 2 is 1.55 bits per heavy atom. The number of carboxylic acids is 1. The first-order valence-electron chi connectivity index (χ1n) is 6.55. The van der Waals surface area contributed by atoms with E-state index in [1.807, 2.05) is 6.07 Å². The molecule has 6 heteroatoms. The molecule has 2 N–H and O–H groups in total. The number of aliphatic hydroxyl groups is 1. The van der Waals surface area contributed by atoms with Gasteiger partial charge in [-0.25, -0.2) is 14.5 Å². The van der Waals surface area contributed by atoms with Crippen LogP contribution in [0.1, 0.15) is 5.56 Å². The van der Waals surface area contributed by atoms with Crippen LogP contribution >= 0.6 is 0 Å². The summed E-state index contributed by atoms with van der Waals surface area (Å²) in [6.45, 7) is -0.0185. The highest BCUT2D eigenvalue weighted by atomic mass is 16.6. The maximum Gasteiger partial charge on any atom is 0.417 e. The first-order chi connectivity index (χ1) is 10.6. The fourth-order valence-electron chi connectivity index (χ4n) is 1.83. The smallest absolute Gasteiger partial charge is 0.417 e. The molecule has 0 aliphatic carbocycles. The summed E-state index contributed by atoms with van der Waals surface area (Å²) in [6.07, 6.45) is -2.96. The molecule has 2 rings (SSSR count). The lowest BCUT2D eigenvalue weighted by Gasteiger charge is -2.24. The lowest BCUT2D eigenvalue weighted by Crippen LogP contribution is -2.45. The summed E-state index contributed by atoms with van der Waals surface area (Å²) in [5, 5.41) is 18.7. The fraction of sp³-hybridized carbons (Fsp3) is 0.125. The van der Waals surface area contributed by atoms with Crippen molar-refractivity contribution >= 4 is 17.7 Å². The quantitative estimate of drug-likeness (QED) is 0.827. The Kier molecular flexibility index (Phi) is 5.11. The molecule has 0 heterocycles. The molecular formula is C16H15NO5. The molecule has 0 aliphatic rings. The van der Waals surface area contributed by atoms with Gasteiger partial charge in [-0.15, -0.1) is 0 Å². The molecule has 0 bridgehead atoms. The van der Waals surface area contributed by atoms with E-state index in [1.54, 1.807) is 42.5 Å². The average Bonchev–Trinajstić information content (AvgIpc) is 2.55. The molecule has 6 nitrogen and oxygen atoms in total. The lowest BCUT2D eigenvalue weighted by atomic mass is 10.2. The first-order valence-corrected chi connectivity index (χ1v) is 6.55. The van der Waals surface area contributed by atoms with Crippen LogP contribution in [0.2, 0.25) is 0 Å². The molecule has 0 aromatic heterocycles. The van der Waals surface area contributed by atoms with Crippen LogP contribution in [0, 0.1) is 0 Å². The fourth-order valence-corrected chi connectivity index (χ4v) is 1.83. The van der Waals surface area contributed by atoms with Crippen molar-refractivity contribution in [2.45, 2.75) is 12.8 Å².